The molecule has 1 amide bonds. The molecule has 0 radical (unpaired) electrons. The quantitative estimate of drug-likeness (QED) is 0.768. The summed E-state index contributed by atoms with van der Waals surface area (Å²) in [6.07, 6.45) is 1.27. The van der Waals surface area contributed by atoms with E-state index in [2.05, 4.69) is 11.8 Å². The third-order valence-electron chi connectivity index (χ3n) is 5.25. The fraction of sp³-hybridized carbons (Fsp3) is 0.400. The van der Waals surface area contributed by atoms with E-state index < -0.39 is 5.60 Å². The first-order valence-corrected chi connectivity index (χ1v) is 10.2. The highest BCUT2D eigenvalue weighted by atomic mass is 16.3. The van der Waals surface area contributed by atoms with Crippen LogP contribution in [0.25, 0.3) is 0 Å². The van der Waals surface area contributed by atoms with Crippen molar-refractivity contribution in [3.63, 3.8) is 0 Å². The number of rotatable bonds is 2. The predicted octanol–water partition coefficient (Wildman–Crippen LogP) is 4.74. The molecule has 148 valence electrons. The molecule has 3 rings (SSSR count). The van der Waals surface area contributed by atoms with Crippen molar-refractivity contribution in [1.82, 2.24) is 4.90 Å². The molecule has 0 unspecified atom stereocenters. The Morgan fingerprint density at radius 1 is 0.929 bits per heavy atom. The lowest BCUT2D eigenvalue weighted by atomic mass is 9.81. The van der Waals surface area contributed by atoms with Gasteiger partial charge in [-0.05, 0) is 55.2 Å². The molecule has 0 aromatic heterocycles. The van der Waals surface area contributed by atoms with Crippen molar-refractivity contribution in [3.05, 3.63) is 71.3 Å². The van der Waals surface area contributed by atoms with Crippen molar-refractivity contribution in [3.8, 4) is 11.8 Å². The summed E-state index contributed by atoms with van der Waals surface area (Å²) < 4.78 is 0. The van der Waals surface area contributed by atoms with Crippen molar-refractivity contribution in [2.24, 2.45) is 5.92 Å². The van der Waals surface area contributed by atoms with E-state index >= 15 is 0 Å². The molecule has 1 aliphatic heterocycles. The van der Waals surface area contributed by atoms with Crippen LogP contribution >= 0.6 is 0 Å². The van der Waals surface area contributed by atoms with Crippen LogP contribution in [0.3, 0.4) is 0 Å². The molecule has 2 aromatic rings. The molecule has 0 spiro atoms. The van der Waals surface area contributed by atoms with E-state index in [1.54, 1.807) is 0 Å². The minimum absolute atomic E-state index is 0.0263. The number of benzene rings is 2. The number of piperidine rings is 1. The van der Waals surface area contributed by atoms with Gasteiger partial charge in [-0.3, -0.25) is 4.79 Å². The van der Waals surface area contributed by atoms with Crippen LogP contribution in [0.5, 0.6) is 0 Å². The van der Waals surface area contributed by atoms with Crippen LogP contribution in [0, 0.1) is 17.8 Å². The van der Waals surface area contributed by atoms with Gasteiger partial charge in [-0.2, -0.15) is 0 Å². The van der Waals surface area contributed by atoms with E-state index in [-0.39, 0.29) is 11.8 Å². The van der Waals surface area contributed by atoms with Crippen LogP contribution in [0.1, 0.15) is 62.0 Å². The van der Waals surface area contributed by atoms with Crippen molar-refractivity contribution >= 4 is 5.91 Å². The average molecular weight is 378 g/mol. The Hall–Kier alpha value is -2.57. The van der Waals surface area contributed by atoms with Crippen LogP contribution in [0.4, 0.5) is 0 Å². The first kappa shape index (κ1) is 21.7. The lowest BCUT2D eigenvalue weighted by Crippen LogP contribution is -2.49. The monoisotopic (exact) mass is 377 g/mol. The Morgan fingerprint density at radius 3 is 1.93 bits per heavy atom. The van der Waals surface area contributed by atoms with Crippen LogP contribution in [-0.2, 0) is 0 Å². The average Bonchev–Trinajstić information content (AvgIpc) is 2.75. The normalized spacial score (nSPS) is 15.1. The number of hydrogen-bond donors (Lipinski definition) is 1. The molecule has 0 bridgehead atoms. The summed E-state index contributed by atoms with van der Waals surface area (Å²) in [7, 11) is 0. The molecule has 0 aliphatic carbocycles. The van der Waals surface area contributed by atoms with Gasteiger partial charge in [0.15, 0.2) is 0 Å². The summed E-state index contributed by atoms with van der Waals surface area (Å²) in [4.78, 5) is 14.5. The zero-order chi connectivity index (χ0) is 20.6. The number of amides is 1. The van der Waals surface area contributed by atoms with Gasteiger partial charge in [-0.15, -0.1) is 0 Å². The largest absolute Gasteiger partial charge is 0.389 e. The molecule has 0 saturated carbocycles. The Balaban J connectivity index is 0.00000136. The van der Waals surface area contributed by atoms with E-state index in [4.69, 9.17) is 0 Å². The number of likely N-dealkylation sites (tertiary alicyclic amines) is 1. The molecule has 1 aliphatic rings. The molecule has 1 saturated heterocycles. The molecule has 2 aromatic carbocycles. The Kier molecular flexibility index (Phi) is 7.84. The molecule has 0 atom stereocenters. The van der Waals surface area contributed by atoms with Gasteiger partial charge < -0.3 is 10.0 Å². The number of carbonyl (C=O) groups is 1. The summed E-state index contributed by atoms with van der Waals surface area (Å²) in [6.45, 7) is 9.27. The standard InChI is InChI=1S/C23H25NO2.C2H6/c1-18(2)23(26)14-16-24(17-15-23)22(25)21-12-10-20(11-13-21)9-8-19-6-4-3-5-7-19;1-2/h3-7,10-13,18,26H,14-17H2,1-2H3;1-2H3. The van der Waals surface area contributed by atoms with Gasteiger partial charge in [0, 0.05) is 29.8 Å². The van der Waals surface area contributed by atoms with Gasteiger partial charge in [0.2, 0.25) is 0 Å². The maximum absolute atomic E-state index is 12.7. The van der Waals surface area contributed by atoms with Gasteiger partial charge >= 0.3 is 0 Å². The molecular formula is C25H31NO2. The SMILES string of the molecule is CC.CC(C)C1(O)CCN(C(=O)c2ccc(C#Cc3ccccc3)cc2)CC1. The maximum Gasteiger partial charge on any atom is 0.253 e. The second-order valence-electron chi connectivity index (χ2n) is 7.24. The molecule has 1 fully saturated rings. The first-order valence-electron chi connectivity index (χ1n) is 10.2. The number of carbonyl (C=O) groups excluding carboxylic acids is 1. The van der Waals surface area contributed by atoms with Crippen molar-refractivity contribution in [1.29, 1.82) is 0 Å². The minimum Gasteiger partial charge on any atom is -0.389 e. The van der Waals surface area contributed by atoms with E-state index in [9.17, 15) is 9.90 Å². The highest BCUT2D eigenvalue weighted by Crippen LogP contribution is 2.30. The van der Waals surface area contributed by atoms with E-state index in [0.29, 0.717) is 31.5 Å². The molecular weight excluding hydrogens is 346 g/mol. The maximum atomic E-state index is 12.7. The van der Waals surface area contributed by atoms with Gasteiger partial charge in [0.05, 0.1) is 5.60 Å². The fourth-order valence-electron chi connectivity index (χ4n) is 3.22. The van der Waals surface area contributed by atoms with Crippen LogP contribution in [-0.4, -0.2) is 34.6 Å². The fourth-order valence-corrected chi connectivity index (χ4v) is 3.22. The summed E-state index contributed by atoms with van der Waals surface area (Å²) in [5.41, 5.74) is 1.88. The first-order chi connectivity index (χ1) is 13.5. The van der Waals surface area contributed by atoms with Gasteiger partial charge in [-0.1, -0.05) is 57.7 Å². The predicted molar refractivity (Wildman–Crippen MR) is 115 cm³/mol. The molecule has 28 heavy (non-hydrogen) atoms. The van der Waals surface area contributed by atoms with Crippen molar-refractivity contribution in [2.75, 3.05) is 13.1 Å². The smallest absolute Gasteiger partial charge is 0.253 e. The second kappa shape index (κ2) is 10.1. The van der Waals surface area contributed by atoms with Gasteiger partial charge in [0.25, 0.3) is 5.91 Å². The highest BCUT2D eigenvalue weighted by Gasteiger charge is 2.36. The number of nitrogens with zero attached hydrogens (tertiary/aromatic N) is 1. The Bertz CT molecular complexity index is 805. The Labute approximate surface area is 169 Å². The van der Waals surface area contributed by atoms with E-state index in [1.165, 1.54) is 0 Å². The van der Waals surface area contributed by atoms with Crippen LogP contribution < -0.4 is 0 Å². The lowest BCUT2D eigenvalue weighted by molar-refractivity contribution is -0.0512. The summed E-state index contributed by atoms with van der Waals surface area (Å²) >= 11 is 0. The zero-order valence-electron chi connectivity index (χ0n) is 17.4. The highest BCUT2D eigenvalue weighted by molar-refractivity contribution is 5.94. The molecule has 3 heteroatoms. The zero-order valence-corrected chi connectivity index (χ0v) is 17.4. The van der Waals surface area contributed by atoms with Gasteiger partial charge in [-0.25, -0.2) is 0 Å². The van der Waals surface area contributed by atoms with Crippen LogP contribution in [0.15, 0.2) is 54.6 Å². The third kappa shape index (κ3) is 5.47. The summed E-state index contributed by atoms with van der Waals surface area (Å²) in [5, 5.41) is 10.6. The number of hydrogen-bond acceptors (Lipinski definition) is 2. The molecule has 1 N–H and O–H groups in total. The minimum atomic E-state index is -0.645. The van der Waals surface area contributed by atoms with E-state index in [1.807, 2.05) is 87.2 Å². The van der Waals surface area contributed by atoms with Crippen LogP contribution in [0.2, 0.25) is 0 Å². The summed E-state index contributed by atoms with van der Waals surface area (Å²) in [6, 6.07) is 17.3. The van der Waals surface area contributed by atoms with E-state index in [0.717, 1.165) is 11.1 Å². The van der Waals surface area contributed by atoms with Crippen molar-refractivity contribution < 1.29 is 9.90 Å². The molecule has 1 heterocycles. The number of aliphatic hydroxyl groups is 1. The summed E-state index contributed by atoms with van der Waals surface area (Å²) in [5.74, 6) is 6.48. The Morgan fingerprint density at radius 2 is 1.43 bits per heavy atom. The van der Waals surface area contributed by atoms with Crippen molar-refractivity contribution in [2.45, 2.75) is 46.1 Å². The lowest BCUT2D eigenvalue weighted by Gasteiger charge is -2.40. The van der Waals surface area contributed by atoms with Gasteiger partial charge in [0.1, 0.15) is 0 Å². The topological polar surface area (TPSA) is 40.5 Å². The third-order valence-corrected chi connectivity index (χ3v) is 5.25. The second-order valence-corrected chi connectivity index (χ2v) is 7.24. The molecule has 3 nitrogen and oxygen atoms in total.